The van der Waals surface area contributed by atoms with E-state index in [0.29, 0.717) is 6.42 Å². The van der Waals surface area contributed by atoms with Crippen LogP contribution in [0.1, 0.15) is 13.3 Å². The Hall–Kier alpha value is -0.0900. The van der Waals surface area contributed by atoms with Crippen molar-refractivity contribution in [2.75, 3.05) is 12.0 Å². The van der Waals surface area contributed by atoms with Gasteiger partial charge in [0.1, 0.15) is 9.84 Å². The lowest BCUT2D eigenvalue weighted by atomic mass is 10.3. The van der Waals surface area contributed by atoms with E-state index in [1.165, 1.54) is 0 Å². The van der Waals surface area contributed by atoms with E-state index in [1.54, 1.807) is 6.92 Å². The van der Waals surface area contributed by atoms with E-state index < -0.39 is 15.9 Å². The van der Waals surface area contributed by atoms with E-state index in [4.69, 9.17) is 5.11 Å². The van der Waals surface area contributed by atoms with Crippen LogP contribution in [0.3, 0.4) is 0 Å². The van der Waals surface area contributed by atoms with E-state index in [0.717, 1.165) is 6.26 Å². The van der Waals surface area contributed by atoms with Crippen LogP contribution in [0, 0.1) is 0 Å². The first-order chi connectivity index (χ1) is 3.95. The van der Waals surface area contributed by atoms with Gasteiger partial charge in [0, 0.05) is 6.26 Å². The van der Waals surface area contributed by atoms with Crippen molar-refractivity contribution in [3.63, 3.8) is 0 Å². The summed E-state index contributed by atoms with van der Waals surface area (Å²) in [6, 6.07) is 0. The Kier molecular flexibility index (Phi) is 3.14. The van der Waals surface area contributed by atoms with Gasteiger partial charge in [0.05, 0.1) is 11.9 Å². The van der Waals surface area contributed by atoms with E-state index in [2.05, 4.69) is 0 Å². The Morgan fingerprint density at radius 2 is 2.00 bits per heavy atom. The molecule has 1 atom stereocenters. The van der Waals surface area contributed by atoms with E-state index in [1.807, 2.05) is 0 Å². The zero-order valence-electron chi connectivity index (χ0n) is 5.66. The molecule has 0 saturated carbocycles. The van der Waals surface area contributed by atoms with Gasteiger partial charge in [-0.05, 0) is 6.42 Å². The molecular formula is C5H12O3S. The number of sulfone groups is 1. The molecule has 0 aliphatic carbocycles. The fourth-order valence-electron chi connectivity index (χ4n) is 0.467. The summed E-state index contributed by atoms with van der Waals surface area (Å²) in [5.74, 6) is -0.122. The van der Waals surface area contributed by atoms with Crippen molar-refractivity contribution in [2.45, 2.75) is 19.4 Å². The molecule has 1 N–H and O–H groups in total. The van der Waals surface area contributed by atoms with Gasteiger partial charge in [0.2, 0.25) is 0 Å². The van der Waals surface area contributed by atoms with Gasteiger partial charge in [-0.2, -0.15) is 0 Å². The predicted octanol–water partition coefficient (Wildman–Crippen LogP) is -0.198. The fourth-order valence-corrected chi connectivity index (χ4v) is 1.40. The summed E-state index contributed by atoms with van der Waals surface area (Å²) >= 11 is 0. The molecule has 0 heterocycles. The quantitative estimate of drug-likeness (QED) is 0.609. The highest BCUT2D eigenvalue weighted by Crippen LogP contribution is 1.93. The molecule has 1 unspecified atom stereocenters. The third-order valence-corrected chi connectivity index (χ3v) is 1.96. The SMILES string of the molecule is CCC(O)CS(C)(=O)=O. The molecule has 0 spiro atoms. The van der Waals surface area contributed by atoms with Crippen molar-refractivity contribution in [1.29, 1.82) is 0 Å². The maximum Gasteiger partial charge on any atom is 0.149 e. The van der Waals surface area contributed by atoms with Crippen LogP contribution in [0.2, 0.25) is 0 Å². The van der Waals surface area contributed by atoms with Crippen LogP contribution in [0.25, 0.3) is 0 Å². The number of hydrogen-bond donors (Lipinski definition) is 1. The summed E-state index contributed by atoms with van der Waals surface area (Å²) in [6.45, 7) is 1.75. The van der Waals surface area contributed by atoms with E-state index in [9.17, 15) is 8.42 Å². The smallest absolute Gasteiger partial charge is 0.149 e. The summed E-state index contributed by atoms with van der Waals surface area (Å²) in [4.78, 5) is 0. The molecule has 0 aromatic heterocycles. The minimum Gasteiger partial charge on any atom is -0.392 e. The zero-order chi connectivity index (χ0) is 7.49. The Balaban J connectivity index is 3.75. The van der Waals surface area contributed by atoms with Crippen LogP contribution in [0.5, 0.6) is 0 Å². The third kappa shape index (κ3) is 5.79. The largest absolute Gasteiger partial charge is 0.392 e. The van der Waals surface area contributed by atoms with Gasteiger partial charge < -0.3 is 5.11 Å². The van der Waals surface area contributed by atoms with Crippen LogP contribution in [0.4, 0.5) is 0 Å². The van der Waals surface area contributed by atoms with Crippen molar-refractivity contribution in [1.82, 2.24) is 0 Å². The second kappa shape index (κ2) is 3.17. The highest BCUT2D eigenvalue weighted by molar-refractivity contribution is 7.90. The van der Waals surface area contributed by atoms with Crippen LogP contribution >= 0.6 is 0 Å². The monoisotopic (exact) mass is 152 g/mol. The molecule has 0 rings (SSSR count). The molecule has 9 heavy (non-hydrogen) atoms. The Labute approximate surface area is 55.6 Å². The lowest BCUT2D eigenvalue weighted by Gasteiger charge is -2.03. The molecule has 0 radical (unpaired) electrons. The number of aliphatic hydroxyl groups is 1. The molecule has 0 aliphatic rings. The highest BCUT2D eigenvalue weighted by Gasteiger charge is 2.08. The van der Waals surface area contributed by atoms with Gasteiger partial charge in [-0.15, -0.1) is 0 Å². The van der Waals surface area contributed by atoms with Gasteiger partial charge in [-0.25, -0.2) is 8.42 Å². The van der Waals surface area contributed by atoms with Crippen LogP contribution in [-0.2, 0) is 9.84 Å². The molecule has 0 fully saturated rings. The van der Waals surface area contributed by atoms with Crippen molar-refractivity contribution >= 4 is 9.84 Å². The molecule has 0 saturated heterocycles. The summed E-state index contributed by atoms with van der Waals surface area (Å²) in [5, 5.41) is 8.81. The van der Waals surface area contributed by atoms with Crippen molar-refractivity contribution in [2.24, 2.45) is 0 Å². The lowest BCUT2D eigenvalue weighted by molar-refractivity contribution is 0.193. The van der Waals surface area contributed by atoms with Crippen molar-refractivity contribution < 1.29 is 13.5 Å². The lowest BCUT2D eigenvalue weighted by Crippen LogP contribution is -2.18. The molecule has 3 nitrogen and oxygen atoms in total. The summed E-state index contributed by atoms with van der Waals surface area (Å²) in [6.07, 6.45) is 0.916. The van der Waals surface area contributed by atoms with Crippen LogP contribution < -0.4 is 0 Å². The summed E-state index contributed by atoms with van der Waals surface area (Å²) in [7, 11) is -2.99. The highest BCUT2D eigenvalue weighted by atomic mass is 32.2. The van der Waals surface area contributed by atoms with Gasteiger partial charge in [-0.3, -0.25) is 0 Å². The Morgan fingerprint density at radius 1 is 1.56 bits per heavy atom. The van der Waals surface area contributed by atoms with Crippen LogP contribution in [-0.4, -0.2) is 31.6 Å². The molecule has 0 aliphatic heterocycles. The van der Waals surface area contributed by atoms with E-state index in [-0.39, 0.29) is 5.75 Å². The third-order valence-electron chi connectivity index (χ3n) is 0.966. The first-order valence-electron chi connectivity index (χ1n) is 2.81. The molecule has 0 bridgehead atoms. The molecule has 0 aromatic rings. The first kappa shape index (κ1) is 8.91. The standard InChI is InChI=1S/C5H12O3S/c1-3-5(6)4-9(2,7)8/h5-6H,3-4H2,1-2H3. The van der Waals surface area contributed by atoms with Gasteiger partial charge in [0.25, 0.3) is 0 Å². The van der Waals surface area contributed by atoms with E-state index >= 15 is 0 Å². The Morgan fingerprint density at radius 3 is 2.11 bits per heavy atom. The zero-order valence-corrected chi connectivity index (χ0v) is 6.48. The van der Waals surface area contributed by atoms with Crippen LogP contribution in [0.15, 0.2) is 0 Å². The maximum absolute atomic E-state index is 10.4. The molecule has 0 amide bonds. The molecule has 4 heteroatoms. The fraction of sp³-hybridized carbons (Fsp3) is 1.00. The number of aliphatic hydroxyl groups excluding tert-OH is 1. The minimum atomic E-state index is -2.99. The summed E-state index contributed by atoms with van der Waals surface area (Å²) < 4.78 is 20.9. The second-order valence-corrected chi connectivity index (χ2v) is 4.34. The van der Waals surface area contributed by atoms with Crippen molar-refractivity contribution in [3.05, 3.63) is 0 Å². The molecular weight excluding hydrogens is 140 g/mol. The van der Waals surface area contributed by atoms with Crippen molar-refractivity contribution in [3.8, 4) is 0 Å². The van der Waals surface area contributed by atoms with Gasteiger partial charge in [0.15, 0.2) is 0 Å². The maximum atomic E-state index is 10.4. The number of hydrogen-bond acceptors (Lipinski definition) is 3. The average molecular weight is 152 g/mol. The predicted molar refractivity (Wildman–Crippen MR) is 36.0 cm³/mol. The number of rotatable bonds is 3. The topological polar surface area (TPSA) is 54.4 Å². The molecule has 56 valence electrons. The minimum absolute atomic E-state index is 0.122. The normalized spacial score (nSPS) is 15.4. The molecule has 0 aromatic carbocycles. The summed E-state index contributed by atoms with van der Waals surface area (Å²) in [5.41, 5.74) is 0. The second-order valence-electron chi connectivity index (χ2n) is 2.15. The Bertz CT molecular complexity index is 159. The van der Waals surface area contributed by atoms with Gasteiger partial charge >= 0.3 is 0 Å². The first-order valence-corrected chi connectivity index (χ1v) is 4.87. The average Bonchev–Trinajstić information content (AvgIpc) is 1.62. The van der Waals surface area contributed by atoms with Gasteiger partial charge in [-0.1, -0.05) is 6.92 Å².